The summed E-state index contributed by atoms with van der Waals surface area (Å²) < 4.78 is 5.92. The number of fused-ring (bicyclic) bond motifs is 5. The first kappa shape index (κ1) is 26.7. The van der Waals surface area contributed by atoms with Gasteiger partial charge in [0.05, 0.1) is 0 Å². The molecular formula is C31H51BrO2. The van der Waals surface area contributed by atoms with Gasteiger partial charge in [-0.2, -0.15) is 0 Å². The maximum atomic E-state index is 12.4. The number of hydrogen-bond acceptors (Lipinski definition) is 2. The second-order valence-electron chi connectivity index (χ2n) is 13.5. The summed E-state index contributed by atoms with van der Waals surface area (Å²) in [6.45, 7) is 14.6. The van der Waals surface area contributed by atoms with E-state index in [1.807, 2.05) is 6.92 Å². The molecule has 0 unspecified atom stereocenters. The smallest absolute Gasteiger partial charge is 0.319 e. The number of allylic oxidation sites excluding steroid dienone is 1. The summed E-state index contributed by atoms with van der Waals surface area (Å²) in [7, 11) is 0. The van der Waals surface area contributed by atoms with Crippen LogP contribution in [0.1, 0.15) is 119 Å². The second-order valence-corrected chi connectivity index (χ2v) is 14.6. The Bertz CT molecular complexity index is 759. The quantitative estimate of drug-likeness (QED) is 0.176. The van der Waals surface area contributed by atoms with E-state index in [0.29, 0.717) is 10.8 Å². The van der Waals surface area contributed by atoms with Crippen LogP contribution in [0.25, 0.3) is 0 Å². The zero-order valence-electron chi connectivity index (χ0n) is 22.9. The zero-order chi connectivity index (χ0) is 24.7. The van der Waals surface area contributed by atoms with Crippen molar-refractivity contribution >= 4 is 21.9 Å². The van der Waals surface area contributed by atoms with Gasteiger partial charge in [-0.3, -0.25) is 4.79 Å². The van der Waals surface area contributed by atoms with Gasteiger partial charge in [-0.15, -0.1) is 0 Å². The normalized spacial score (nSPS) is 41.2. The van der Waals surface area contributed by atoms with Crippen molar-refractivity contribution in [3.63, 3.8) is 0 Å². The Morgan fingerprint density at radius 1 is 1.09 bits per heavy atom. The summed E-state index contributed by atoms with van der Waals surface area (Å²) in [5, 5.41) is 0. The van der Waals surface area contributed by atoms with Crippen LogP contribution in [0.5, 0.6) is 0 Å². The van der Waals surface area contributed by atoms with Gasteiger partial charge in [0, 0.05) is 6.42 Å². The van der Waals surface area contributed by atoms with Crippen LogP contribution in [0, 0.1) is 46.3 Å². The number of esters is 1. The van der Waals surface area contributed by atoms with Crippen LogP contribution in [0.4, 0.5) is 0 Å². The molecule has 4 rings (SSSR count). The molecule has 4 aliphatic rings. The Balaban J connectivity index is 1.43. The highest BCUT2D eigenvalue weighted by atomic mass is 79.9. The summed E-state index contributed by atoms with van der Waals surface area (Å²) in [6, 6.07) is 0. The number of carbonyl (C=O) groups is 1. The van der Waals surface area contributed by atoms with E-state index in [-0.39, 0.29) is 16.9 Å². The number of hydrogen-bond donors (Lipinski definition) is 0. The van der Waals surface area contributed by atoms with Crippen LogP contribution >= 0.6 is 15.9 Å². The summed E-state index contributed by atoms with van der Waals surface area (Å²) >= 11 is 3.47. The van der Waals surface area contributed by atoms with Crippen molar-refractivity contribution in [2.75, 3.05) is 0 Å². The fourth-order valence-electron chi connectivity index (χ4n) is 9.16. The van der Waals surface area contributed by atoms with Gasteiger partial charge in [-0.05, 0) is 97.7 Å². The van der Waals surface area contributed by atoms with E-state index in [2.05, 4.69) is 56.6 Å². The van der Waals surface area contributed by atoms with Gasteiger partial charge in [-0.25, -0.2) is 0 Å². The molecule has 3 heteroatoms. The second kappa shape index (κ2) is 10.6. The van der Waals surface area contributed by atoms with Gasteiger partial charge in [-0.1, -0.05) is 88.4 Å². The molecule has 194 valence electrons. The maximum Gasteiger partial charge on any atom is 0.319 e. The van der Waals surface area contributed by atoms with Crippen molar-refractivity contribution in [1.29, 1.82) is 0 Å². The standard InChI is InChI=1S/C31H51BrO2/c1-7-28(32)29(33)34-23-15-17-30(5)22(19-23)11-12-24-26-14-13-25(21(4)10-8-9-20(2)3)31(26,6)18-16-27(24)30/h11,20-21,23-28H,7-10,12-19H2,1-6H3/t21-,23+,24-,25+,26-,27-,28+,30+,31-/m1/s1. The van der Waals surface area contributed by atoms with Crippen molar-refractivity contribution in [2.24, 2.45) is 46.3 Å². The molecule has 0 saturated heterocycles. The highest BCUT2D eigenvalue weighted by Crippen LogP contribution is 2.67. The number of rotatable bonds is 8. The average molecular weight is 536 g/mol. The third-order valence-corrected chi connectivity index (χ3v) is 12.2. The van der Waals surface area contributed by atoms with Gasteiger partial charge >= 0.3 is 5.97 Å². The van der Waals surface area contributed by atoms with E-state index in [9.17, 15) is 4.79 Å². The third-order valence-electron chi connectivity index (χ3n) is 11.2. The highest BCUT2D eigenvalue weighted by molar-refractivity contribution is 9.10. The number of carbonyl (C=O) groups excluding carboxylic acids is 1. The first-order valence-corrected chi connectivity index (χ1v) is 15.6. The first-order valence-electron chi connectivity index (χ1n) is 14.6. The lowest BCUT2D eigenvalue weighted by Crippen LogP contribution is -2.51. The maximum absolute atomic E-state index is 12.4. The van der Waals surface area contributed by atoms with Crippen LogP contribution in [-0.2, 0) is 9.53 Å². The lowest BCUT2D eigenvalue weighted by Gasteiger charge is -2.58. The minimum atomic E-state index is -0.162. The number of halogens is 1. The van der Waals surface area contributed by atoms with Crippen LogP contribution < -0.4 is 0 Å². The van der Waals surface area contributed by atoms with Crippen molar-refractivity contribution in [1.82, 2.24) is 0 Å². The third kappa shape index (κ3) is 4.95. The molecule has 4 aliphatic carbocycles. The SMILES string of the molecule is CC[C@H](Br)C(=O)O[C@H]1CC[C@@]2(C)C(=CC[C@@H]3[C@H]4CC[C@@H]([C@H](C)CCCC(C)C)[C@@]4(C)CC[C@H]32)C1. The Kier molecular flexibility index (Phi) is 8.33. The largest absolute Gasteiger partial charge is 0.461 e. The minimum Gasteiger partial charge on any atom is -0.461 e. The molecule has 0 aliphatic heterocycles. The molecule has 0 aromatic carbocycles. The average Bonchev–Trinajstić information content (AvgIpc) is 3.15. The monoisotopic (exact) mass is 534 g/mol. The van der Waals surface area contributed by atoms with E-state index in [1.165, 1.54) is 57.8 Å². The first-order chi connectivity index (χ1) is 16.1. The Hall–Kier alpha value is -0.310. The molecule has 0 radical (unpaired) electrons. The number of ether oxygens (including phenoxy) is 1. The molecular weight excluding hydrogens is 484 g/mol. The van der Waals surface area contributed by atoms with Gasteiger partial charge in [0.15, 0.2) is 0 Å². The summed E-state index contributed by atoms with van der Waals surface area (Å²) in [5.74, 6) is 5.18. The molecule has 0 heterocycles. The molecule has 34 heavy (non-hydrogen) atoms. The van der Waals surface area contributed by atoms with Crippen LogP contribution in [0.15, 0.2) is 11.6 Å². The van der Waals surface area contributed by atoms with Crippen molar-refractivity contribution in [3.05, 3.63) is 11.6 Å². The van der Waals surface area contributed by atoms with Crippen LogP contribution in [0.2, 0.25) is 0 Å². The summed E-state index contributed by atoms with van der Waals surface area (Å²) in [6.07, 6.45) is 17.9. The molecule has 0 aromatic heterocycles. The Labute approximate surface area is 218 Å². The molecule has 3 fully saturated rings. The van der Waals surface area contributed by atoms with Gasteiger partial charge in [0.1, 0.15) is 10.9 Å². The van der Waals surface area contributed by atoms with Gasteiger partial charge in [0.25, 0.3) is 0 Å². The molecule has 0 bridgehead atoms. The van der Waals surface area contributed by atoms with E-state index in [0.717, 1.165) is 54.8 Å². The van der Waals surface area contributed by atoms with Crippen molar-refractivity contribution in [3.8, 4) is 0 Å². The molecule has 0 aromatic rings. The minimum absolute atomic E-state index is 0.0710. The number of alkyl halides is 1. The molecule has 2 nitrogen and oxygen atoms in total. The predicted octanol–water partition coefficient (Wildman–Crippen LogP) is 9.11. The molecule has 9 atom stereocenters. The molecule has 3 saturated carbocycles. The van der Waals surface area contributed by atoms with Crippen LogP contribution in [-0.4, -0.2) is 16.9 Å². The van der Waals surface area contributed by atoms with Gasteiger partial charge < -0.3 is 4.74 Å². The molecule has 0 amide bonds. The fourth-order valence-corrected chi connectivity index (χ4v) is 9.27. The van der Waals surface area contributed by atoms with Crippen LogP contribution in [0.3, 0.4) is 0 Å². The van der Waals surface area contributed by atoms with E-state index >= 15 is 0 Å². The summed E-state index contributed by atoms with van der Waals surface area (Å²) in [4.78, 5) is 12.2. The zero-order valence-corrected chi connectivity index (χ0v) is 24.5. The fraction of sp³-hybridized carbons (Fsp3) is 0.903. The lowest BCUT2D eigenvalue weighted by molar-refractivity contribution is -0.150. The Morgan fingerprint density at radius 2 is 1.85 bits per heavy atom. The molecule has 0 spiro atoms. The summed E-state index contributed by atoms with van der Waals surface area (Å²) in [5.41, 5.74) is 2.49. The highest BCUT2D eigenvalue weighted by Gasteiger charge is 2.59. The van der Waals surface area contributed by atoms with E-state index < -0.39 is 0 Å². The lowest BCUT2D eigenvalue weighted by atomic mass is 9.47. The molecule has 0 N–H and O–H groups in total. The predicted molar refractivity (Wildman–Crippen MR) is 146 cm³/mol. The topological polar surface area (TPSA) is 26.3 Å². The van der Waals surface area contributed by atoms with Gasteiger partial charge in [0.2, 0.25) is 0 Å². The van der Waals surface area contributed by atoms with Crippen molar-refractivity contribution < 1.29 is 9.53 Å². The van der Waals surface area contributed by atoms with E-state index in [1.54, 1.807) is 5.57 Å². The van der Waals surface area contributed by atoms with Crippen molar-refractivity contribution in [2.45, 2.75) is 130 Å². The van der Waals surface area contributed by atoms with E-state index in [4.69, 9.17) is 4.74 Å². The Morgan fingerprint density at radius 3 is 2.56 bits per heavy atom.